The summed E-state index contributed by atoms with van der Waals surface area (Å²) in [5, 5.41) is 23.7. The minimum atomic E-state index is -0.987. The molecule has 4 N–H and O–H groups in total. The van der Waals surface area contributed by atoms with Gasteiger partial charge in [0.2, 0.25) is 17.7 Å². The van der Waals surface area contributed by atoms with Gasteiger partial charge in [0.15, 0.2) is 0 Å². The second-order valence-electron chi connectivity index (χ2n) is 6.78. The lowest BCUT2D eigenvalue weighted by Gasteiger charge is -2.35. The largest absolute Gasteiger partial charge is 0.366 e. The topological polar surface area (TPSA) is 149 Å². The monoisotopic (exact) mass is 397 g/mol. The fraction of sp³-hybridized carbons (Fsp3) is 0.316. The number of anilines is 1. The van der Waals surface area contributed by atoms with Gasteiger partial charge in [-0.3, -0.25) is 14.4 Å². The maximum atomic E-state index is 12.5. The number of primary amides is 1. The first-order valence-electron chi connectivity index (χ1n) is 8.34. The lowest BCUT2D eigenvalue weighted by molar-refractivity contribution is -0.125. The number of rotatable bonds is 5. The lowest BCUT2D eigenvalue weighted by Crippen LogP contribution is -2.45. The summed E-state index contributed by atoms with van der Waals surface area (Å²) in [6.45, 7) is 4.95. The highest BCUT2D eigenvalue weighted by atomic mass is 32.2. The Balaban J connectivity index is 2.17. The van der Waals surface area contributed by atoms with Gasteiger partial charge < -0.3 is 16.4 Å². The second-order valence-corrected chi connectivity index (χ2v) is 8.13. The molecule has 0 saturated heterocycles. The number of benzene rings is 1. The molecule has 1 aromatic carbocycles. The Morgan fingerprint density at radius 2 is 1.89 bits per heavy atom. The summed E-state index contributed by atoms with van der Waals surface area (Å²) in [5.74, 6) is -2.40. The molecule has 0 saturated carbocycles. The van der Waals surface area contributed by atoms with Crippen molar-refractivity contribution in [2.24, 2.45) is 17.1 Å². The van der Waals surface area contributed by atoms with Crippen LogP contribution in [0.5, 0.6) is 0 Å². The highest BCUT2D eigenvalue weighted by Gasteiger charge is 2.45. The molecule has 8 nitrogen and oxygen atoms in total. The maximum Gasteiger partial charge on any atom is 0.248 e. The molecule has 0 aromatic heterocycles. The van der Waals surface area contributed by atoms with Gasteiger partial charge in [0.05, 0.1) is 28.0 Å². The number of nitriles is 2. The number of hydrogen-bond donors (Lipinski definition) is 3. The van der Waals surface area contributed by atoms with Gasteiger partial charge in [-0.2, -0.15) is 10.5 Å². The van der Waals surface area contributed by atoms with E-state index in [1.165, 1.54) is 12.1 Å². The van der Waals surface area contributed by atoms with Crippen LogP contribution in [-0.2, 0) is 9.59 Å². The number of carbonyl (C=O) groups is 3. The van der Waals surface area contributed by atoms with Crippen LogP contribution in [0.3, 0.4) is 0 Å². The Hall–Kier alpha value is -3.30. The first kappa shape index (κ1) is 21.0. The number of hydrogen-bond acceptors (Lipinski definition) is 6. The first-order chi connectivity index (χ1) is 13.1. The van der Waals surface area contributed by atoms with Gasteiger partial charge in [0, 0.05) is 16.7 Å². The smallest absolute Gasteiger partial charge is 0.248 e. The van der Waals surface area contributed by atoms with Crippen LogP contribution in [0.25, 0.3) is 0 Å². The van der Waals surface area contributed by atoms with E-state index >= 15 is 0 Å². The zero-order chi connectivity index (χ0) is 21.1. The average molecular weight is 397 g/mol. The molecule has 1 aliphatic rings. The molecular formula is C19H19N5O3S. The molecule has 0 radical (unpaired) electrons. The highest BCUT2D eigenvalue weighted by Crippen LogP contribution is 2.42. The standard InChI is InChI=1S/C19H19N5O3S/c1-10(16(26)23-12-6-4-11(5-7-12)15(22)25)28-18-14(9-21)19(2,3)13(8-20)17(27)24-18/h4-7,10,13H,1-3H3,(H2,22,25)(H,23,26)(H,24,27)/t10-,13+/m1/s1. The van der Waals surface area contributed by atoms with Crippen LogP contribution in [0.1, 0.15) is 31.1 Å². The third kappa shape index (κ3) is 4.16. The van der Waals surface area contributed by atoms with Crippen molar-refractivity contribution in [2.75, 3.05) is 5.32 Å². The van der Waals surface area contributed by atoms with E-state index < -0.39 is 28.4 Å². The Kier molecular flexibility index (Phi) is 6.12. The summed E-state index contributed by atoms with van der Waals surface area (Å²) >= 11 is 1.04. The summed E-state index contributed by atoms with van der Waals surface area (Å²) < 4.78 is 0. The van der Waals surface area contributed by atoms with Gasteiger partial charge in [-0.15, -0.1) is 0 Å². The van der Waals surface area contributed by atoms with E-state index in [1.54, 1.807) is 32.9 Å². The van der Waals surface area contributed by atoms with Crippen molar-refractivity contribution in [3.8, 4) is 12.1 Å². The van der Waals surface area contributed by atoms with E-state index in [-0.39, 0.29) is 16.5 Å². The van der Waals surface area contributed by atoms with Crippen LogP contribution < -0.4 is 16.4 Å². The number of amides is 3. The molecule has 3 amide bonds. The average Bonchev–Trinajstić information content (AvgIpc) is 2.61. The van der Waals surface area contributed by atoms with E-state index in [2.05, 4.69) is 16.7 Å². The number of carbonyl (C=O) groups excluding carboxylic acids is 3. The van der Waals surface area contributed by atoms with E-state index in [0.29, 0.717) is 11.3 Å². The van der Waals surface area contributed by atoms with Gasteiger partial charge in [0.25, 0.3) is 0 Å². The van der Waals surface area contributed by atoms with Crippen molar-refractivity contribution in [3.63, 3.8) is 0 Å². The minimum Gasteiger partial charge on any atom is -0.366 e. The predicted octanol–water partition coefficient (Wildman–Crippen LogP) is 1.88. The van der Waals surface area contributed by atoms with Gasteiger partial charge in [-0.05, 0) is 31.2 Å². The number of thioether (sulfide) groups is 1. The summed E-state index contributed by atoms with van der Waals surface area (Å²) in [6.07, 6.45) is 0. The van der Waals surface area contributed by atoms with E-state index in [9.17, 15) is 24.9 Å². The summed E-state index contributed by atoms with van der Waals surface area (Å²) in [4.78, 5) is 35.8. The SMILES string of the molecule is C[C@@H](SC1=C(C#N)C(C)(C)[C@@H](C#N)C(=O)N1)C(=O)Nc1ccc(C(N)=O)cc1. The molecule has 0 unspecified atom stereocenters. The van der Waals surface area contributed by atoms with Crippen LogP contribution in [0, 0.1) is 34.0 Å². The Morgan fingerprint density at radius 1 is 1.29 bits per heavy atom. The first-order valence-corrected chi connectivity index (χ1v) is 9.22. The minimum absolute atomic E-state index is 0.258. The van der Waals surface area contributed by atoms with Crippen molar-refractivity contribution in [1.82, 2.24) is 5.32 Å². The normalized spacial score (nSPS) is 19.0. The molecule has 9 heteroatoms. The van der Waals surface area contributed by atoms with Crippen LogP contribution in [0.4, 0.5) is 5.69 Å². The third-order valence-corrected chi connectivity index (χ3v) is 5.54. The number of allylic oxidation sites excluding steroid dienone is 1. The zero-order valence-corrected chi connectivity index (χ0v) is 16.4. The number of nitrogens with zero attached hydrogens (tertiary/aromatic N) is 2. The Bertz CT molecular complexity index is 938. The third-order valence-electron chi connectivity index (χ3n) is 4.43. The molecule has 2 atom stereocenters. The van der Waals surface area contributed by atoms with Gasteiger partial charge in [-0.1, -0.05) is 25.6 Å². The molecule has 0 aliphatic carbocycles. The maximum absolute atomic E-state index is 12.5. The molecule has 0 bridgehead atoms. The summed E-state index contributed by atoms with van der Waals surface area (Å²) in [7, 11) is 0. The van der Waals surface area contributed by atoms with Gasteiger partial charge >= 0.3 is 0 Å². The fourth-order valence-electron chi connectivity index (χ4n) is 2.71. The molecule has 1 aliphatic heterocycles. The molecule has 0 fully saturated rings. The molecule has 1 heterocycles. The number of nitrogens with one attached hydrogen (secondary N) is 2. The van der Waals surface area contributed by atoms with Crippen LogP contribution >= 0.6 is 11.8 Å². The van der Waals surface area contributed by atoms with Crippen molar-refractivity contribution < 1.29 is 14.4 Å². The predicted molar refractivity (Wildman–Crippen MR) is 104 cm³/mol. The van der Waals surface area contributed by atoms with E-state index in [0.717, 1.165) is 11.8 Å². The molecule has 2 rings (SSSR count). The van der Waals surface area contributed by atoms with Crippen LogP contribution in [0.15, 0.2) is 34.9 Å². The molecule has 144 valence electrons. The molecule has 28 heavy (non-hydrogen) atoms. The fourth-order valence-corrected chi connectivity index (χ4v) is 3.81. The molecule has 0 spiro atoms. The Labute approximate surface area is 166 Å². The quantitative estimate of drug-likeness (QED) is 0.690. The Morgan fingerprint density at radius 3 is 2.39 bits per heavy atom. The summed E-state index contributed by atoms with van der Waals surface area (Å²) in [5.41, 5.74) is 5.28. The second kappa shape index (κ2) is 8.15. The van der Waals surface area contributed by atoms with Crippen LogP contribution in [-0.4, -0.2) is 23.0 Å². The van der Waals surface area contributed by atoms with Crippen molar-refractivity contribution in [3.05, 3.63) is 40.4 Å². The summed E-state index contributed by atoms with van der Waals surface area (Å²) in [6, 6.07) is 10.1. The zero-order valence-electron chi connectivity index (χ0n) is 15.6. The van der Waals surface area contributed by atoms with Crippen LogP contribution in [0.2, 0.25) is 0 Å². The lowest BCUT2D eigenvalue weighted by atomic mass is 9.72. The van der Waals surface area contributed by atoms with Crippen molar-refractivity contribution in [1.29, 1.82) is 10.5 Å². The molecular weight excluding hydrogens is 378 g/mol. The van der Waals surface area contributed by atoms with Crippen molar-refractivity contribution in [2.45, 2.75) is 26.0 Å². The highest BCUT2D eigenvalue weighted by molar-refractivity contribution is 8.04. The van der Waals surface area contributed by atoms with E-state index in [1.807, 2.05) is 6.07 Å². The number of nitrogens with two attached hydrogens (primary N) is 1. The van der Waals surface area contributed by atoms with Gasteiger partial charge in [-0.25, -0.2) is 0 Å². The molecule has 1 aromatic rings. The van der Waals surface area contributed by atoms with Gasteiger partial charge in [0.1, 0.15) is 5.92 Å². The van der Waals surface area contributed by atoms with Crippen molar-refractivity contribution >= 4 is 35.2 Å². The van der Waals surface area contributed by atoms with E-state index in [4.69, 9.17) is 5.73 Å².